The van der Waals surface area contributed by atoms with E-state index in [1.165, 1.54) is 12.5 Å². The number of aliphatic hydroxyl groups is 14. The Morgan fingerprint density at radius 1 is 0.632 bits per heavy atom. The molecule has 23 heteroatoms. The van der Waals surface area contributed by atoms with Gasteiger partial charge in [-0.2, -0.15) is 0 Å². The summed E-state index contributed by atoms with van der Waals surface area (Å²) in [6, 6.07) is 0. The third kappa shape index (κ3) is 9.46. The van der Waals surface area contributed by atoms with Crippen LogP contribution in [0.4, 0.5) is 0 Å². The highest BCUT2D eigenvalue weighted by molar-refractivity contribution is 5.79. The van der Waals surface area contributed by atoms with Gasteiger partial charge in [0.25, 0.3) is 0 Å². The lowest BCUT2D eigenvalue weighted by Crippen LogP contribution is -2.68. The van der Waals surface area contributed by atoms with Crippen molar-refractivity contribution < 1.29 is 114 Å². The Kier molecular flexibility index (Phi) is 16.5. The van der Waals surface area contributed by atoms with Gasteiger partial charge in [-0.15, -0.1) is 0 Å². The van der Waals surface area contributed by atoms with Gasteiger partial charge >= 0.3 is 5.97 Å². The quantitative estimate of drug-likeness (QED) is 0.0756. The molecular weight excluding hydrogens is 1000 g/mol. The van der Waals surface area contributed by atoms with Crippen molar-refractivity contribution in [2.45, 2.75) is 235 Å². The van der Waals surface area contributed by atoms with Crippen LogP contribution in [0.3, 0.4) is 0 Å². The normalized spacial score (nSPS) is 55.2. The van der Waals surface area contributed by atoms with E-state index in [2.05, 4.69) is 40.7 Å². The summed E-state index contributed by atoms with van der Waals surface area (Å²) in [6.07, 6.45) is -25.7. The number of allylic oxidation sites excluding steroid dienone is 2. The molecule has 4 heterocycles. The lowest BCUT2D eigenvalue weighted by atomic mass is 9.33. The third-order valence-electron chi connectivity index (χ3n) is 21.1. The molecule has 9 aliphatic rings. The lowest BCUT2D eigenvalue weighted by molar-refractivity contribution is -0.373. The second kappa shape index (κ2) is 21.3. The first-order valence-electron chi connectivity index (χ1n) is 27.3. The van der Waals surface area contributed by atoms with Gasteiger partial charge in [-0.3, -0.25) is 4.79 Å². The van der Waals surface area contributed by atoms with Gasteiger partial charge in [0.2, 0.25) is 6.29 Å². The van der Waals surface area contributed by atoms with Crippen LogP contribution in [0.25, 0.3) is 0 Å². The highest BCUT2D eigenvalue weighted by Gasteiger charge is 2.71. The summed E-state index contributed by atoms with van der Waals surface area (Å²) in [5.74, 6) is -0.796. The van der Waals surface area contributed by atoms with Crippen molar-refractivity contribution in [1.82, 2.24) is 0 Å². The maximum Gasteiger partial charge on any atom is 0.315 e. The van der Waals surface area contributed by atoms with Gasteiger partial charge in [0.1, 0.15) is 85.5 Å². The summed E-state index contributed by atoms with van der Waals surface area (Å²) in [4.78, 5) is 15.1. The molecule has 23 nitrogen and oxygen atoms in total. The van der Waals surface area contributed by atoms with E-state index in [-0.39, 0.29) is 40.6 Å². The Morgan fingerprint density at radius 3 is 1.93 bits per heavy atom. The minimum absolute atomic E-state index is 0.0271. The Balaban J connectivity index is 0.861. The predicted molar refractivity (Wildman–Crippen MR) is 258 cm³/mol. The zero-order valence-electron chi connectivity index (χ0n) is 44.6. The standard InChI is InChI=1S/C53H86O23/c1-22-40(74-44-36(63)31(58)26(57)19-69-44)34(61)39(66)45(71-22)75-41-27(18-54)72-43(38(65)35(41)62)70-20-28-32(59)33(60)37(64)46(73-28)76-47(68)53-14-12-48(2,3)16-24(53)23-8-9-30-49(4)17-25(56)42(67)50(5,21-55)29(49)10-11-52(30,7)51(23,6)13-15-53/h8,22,24-46,54-67H,9-21H2,1-7H3/t22-,24-,25+,26-,27-,28-,29-,30-,31+,32-,33+,34-,35-,36-,37-,38-,39-,40-,41-,42+,43-,44+,45+,46+,49-,50+,51-,52+,53+/m0/s1. The number of carbonyl (C=O) groups is 1. The molecule has 4 aliphatic heterocycles. The number of esters is 1. The monoisotopic (exact) mass is 1090 g/mol. The summed E-state index contributed by atoms with van der Waals surface area (Å²) in [6.45, 7) is 12.4. The average Bonchev–Trinajstić information content (AvgIpc) is 3.40. The Bertz CT molecular complexity index is 2100. The largest absolute Gasteiger partial charge is 0.432 e. The highest BCUT2D eigenvalue weighted by Crippen LogP contribution is 2.76. The van der Waals surface area contributed by atoms with Crippen LogP contribution in [-0.4, -0.2) is 233 Å². The number of hydrogen-bond acceptors (Lipinski definition) is 23. The number of aliphatic hydroxyl groups excluding tert-OH is 14. The van der Waals surface area contributed by atoms with Crippen molar-refractivity contribution in [3.05, 3.63) is 11.6 Å². The fraction of sp³-hybridized carbons (Fsp3) is 0.943. The smallest absolute Gasteiger partial charge is 0.315 e. The zero-order valence-corrected chi connectivity index (χ0v) is 44.6. The molecular formula is C53H86O23. The van der Waals surface area contributed by atoms with Crippen LogP contribution < -0.4 is 0 Å². The van der Waals surface area contributed by atoms with E-state index < -0.39 is 171 Å². The first-order valence-corrected chi connectivity index (χ1v) is 27.3. The summed E-state index contributed by atoms with van der Waals surface area (Å²) < 4.78 is 46.2. The first kappa shape index (κ1) is 59.0. The average molecular weight is 1090 g/mol. The second-order valence-corrected chi connectivity index (χ2v) is 25.9. The van der Waals surface area contributed by atoms with E-state index in [9.17, 15) is 71.5 Å². The van der Waals surface area contributed by atoms with Crippen LogP contribution >= 0.6 is 0 Å². The van der Waals surface area contributed by atoms with Gasteiger partial charge < -0.3 is 109 Å². The van der Waals surface area contributed by atoms with Crippen LogP contribution in [0, 0.1) is 50.2 Å². The molecule has 0 spiro atoms. The minimum Gasteiger partial charge on any atom is -0.432 e. The van der Waals surface area contributed by atoms with Crippen LogP contribution in [0.2, 0.25) is 0 Å². The molecule has 8 fully saturated rings. The van der Waals surface area contributed by atoms with Crippen molar-refractivity contribution in [3.8, 4) is 0 Å². The van der Waals surface area contributed by atoms with E-state index in [4.69, 9.17) is 37.9 Å². The van der Waals surface area contributed by atoms with Gasteiger partial charge in [-0.05, 0) is 104 Å². The Hall–Kier alpha value is -1.63. The molecule has 0 aromatic rings. The SMILES string of the molecule is C[C@@H]1O[C@H](O[C@@H]2[C@@H](O)[C@H](O)[C@@H](OC[C@@H]3O[C@H](OC(=O)[C@@]45CCC(C)(C)C[C@H]4C4=CC[C@H]6[C@@]7(C)C[C@@H](O)[C@@H](O)[C@](C)(CO)[C@H]7CC[C@@]6(C)[C@@]4(C)CC5)[C@@H](O)[C@H](O)[C@H]3O)O[C@H]2CO)[C@@H](O)[C@H](O)[C@H]1O[C@H]1OC[C@H](O)[C@@H](O)[C@@H]1O. The molecule has 29 atom stereocenters. The number of carbonyl (C=O) groups excluding carboxylic acids is 1. The molecule has 9 rings (SSSR count). The minimum atomic E-state index is -1.93. The van der Waals surface area contributed by atoms with Gasteiger partial charge in [0.05, 0.1) is 50.2 Å². The molecule has 0 amide bonds. The third-order valence-corrected chi connectivity index (χ3v) is 21.1. The van der Waals surface area contributed by atoms with E-state index in [0.717, 1.165) is 12.8 Å². The van der Waals surface area contributed by atoms with Gasteiger partial charge in [-0.25, -0.2) is 0 Å². The lowest BCUT2D eigenvalue weighted by Gasteiger charge is -2.71. The molecule has 5 aliphatic carbocycles. The summed E-state index contributed by atoms with van der Waals surface area (Å²) in [5.41, 5.74) is -1.91. The van der Waals surface area contributed by atoms with E-state index in [1.807, 2.05) is 6.92 Å². The van der Waals surface area contributed by atoms with Crippen LogP contribution in [-0.2, 0) is 42.7 Å². The van der Waals surface area contributed by atoms with Gasteiger partial charge in [0, 0.05) is 5.41 Å². The molecule has 436 valence electrons. The molecule has 76 heavy (non-hydrogen) atoms. The molecule has 0 bridgehead atoms. The predicted octanol–water partition coefficient (Wildman–Crippen LogP) is -2.43. The van der Waals surface area contributed by atoms with Gasteiger partial charge in [-0.1, -0.05) is 53.2 Å². The zero-order chi connectivity index (χ0) is 55.6. The van der Waals surface area contributed by atoms with Crippen molar-refractivity contribution in [1.29, 1.82) is 0 Å². The molecule has 0 aromatic carbocycles. The molecule has 4 saturated carbocycles. The molecule has 0 radical (unpaired) electrons. The van der Waals surface area contributed by atoms with Crippen molar-refractivity contribution in [3.63, 3.8) is 0 Å². The summed E-state index contributed by atoms with van der Waals surface area (Å²) in [5, 5.41) is 152. The van der Waals surface area contributed by atoms with E-state index in [1.54, 1.807) is 0 Å². The second-order valence-electron chi connectivity index (χ2n) is 25.9. The van der Waals surface area contributed by atoms with Crippen molar-refractivity contribution >= 4 is 5.97 Å². The van der Waals surface area contributed by atoms with Gasteiger partial charge in [0.15, 0.2) is 18.9 Å². The number of hydrogen-bond donors (Lipinski definition) is 14. The highest BCUT2D eigenvalue weighted by atomic mass is 16.8. The number of fused-ring (bicyclic) bond motifs is 7. The summed E-state index contributed by atoms with van der Waals surface area (Å²) >= 11 is 0. The maximum atomic E-state index is 15.1. The van der Waals surface area contributed by atoms with Crippen LogP contribution in [0.15, 0.2) is 11.6 Å². The Labute approximate surface area is 442 Å². The number of ether oxygens (including phenoxy) is 8. The Morgan fingerprint density at radius 2 is 1.25 bits per heavy atom. The van der Waals surface area contributed by atoms with Crippen LogP contribution in [0.1, 0.15) is 106 Å². The molecule has 0 aromatic heterocycles. The molecule has 0 unspecified atom stereocenters. The fourth-order valence-corrected chi connectivity index (χ4v) is 16.2. The summed E-state index contributed by atoms with van der Waals surface area (Å²) in [7, 11) is 0. The molecule has 4 saturated heterocycles. The number of rotatable bonds is 11. The van der Waals surface area contributed by atoms with Crippen molar-refractivity contribution in [2.75, 3.05) is 26.4 Å². The first-order chi connectivity index (χ1) is 35.5. The van der Waals surface area contributed by atoms with Crippen LogP contribution in [0.5, 0.6) is 0 Å². The van der Waals surface area contributed by atoms with E-state index >= 15 is 4.79 Å². The topological polar surface area (TPSA) is 374 Å². The molecule has 14 N–H and O–H groups in total. The van der Waals surface area contributed by atoms with E-state index in [0.29, 0.717) is 44.9 Å². The maximum absolute atomic E-state index is 15.1. The van der Waals surface area contributed by atoms with Crippen molar-refractivity contribution in [2.24, 2.45) is 50.2 Å². The fourth-order valence-electron chi connectivity index (χ4n) is 16.2.